The summed E-state index contributed by atoms with van der Waals surface area (Å²) in [5.41, 5.74) is 12.2. The van der Waals surface area contributed by atoms with Crippen LogP contribution in [0.2, 0.25) is 0 Å². The van der Waals surface area contributed by atoms with Gasteiger partial charge in [-0.15, -0.1) is 5.10 Å². The molecular weight excluding hydrogens is 474 g/mol. The van der Waals surface area contributed by atoms with Crippen LogP contribution in [0.5, 0.6) is 0 Å². The monoisotopic (exact) mass is 503 g/mol. The van der Waals surface area contributed by atoms with Crippen molar-refractivity contribution in [3.8, 4) is 11.1 Å². The highest BCUT2D eigenvalue weighted by molar-refractivity contribution is 7.99. The van der Waals surface area contributed by atoms with Crippen LogP contribution in [0.25, 0.3) is 11.1 Å². The Labute approximate surface area is 214 Å². The molecule has 1 aromatic heterocycles. The van der Waals surface area contributed by atoms with Gasteiger partial charge in [0.25, 0.3) is 0 Å². The van der Waals surface area contributed by atoms with Gasteiger partial charge in [0, 0.05) is 31.3 Å². The summed E-state index contributed by atoms with van der Waals surface area (Å²) in [4.78, 5) is 0. The lowest BCUT2D eigenvalue weighted by atomic mass is 9.98. The standard InChI is InChI=1S/C27H29N5O3S/c1-32-27(29-30-31-32)36-17-23-14-25(20-8-6-18(16-33)7-9-20)35-26(34-23)21-12-10-19(11-13-21)24-5-3-2-4-22(24)15-28/h2-13,23,25-26,33H,14-17,28H2,1H3/t23-,25+,26+/m0/s1. The second-order valence-corrected chi connectivity index (χ2v) is 9.72. The third kappa shape index (κ3) is 5.50. The van der Waals surface area contributed by atoms with Crippen LogP contribution in [0.4, 0.5) is 0 Å². The molecule has 0 aliphatic carbocycles. The molecule has 2 heterocycles. The average Bonchev–Trinajstić information content (AvgIpc) is 3.36. The van der Waals surface area contributed by atoms with E-state index in [4.69, 9.17) is 15.2 Å². The van der Waals surface area contributed by atoms with Crippen molar-refractivity contribution in [1.82, 2.24) is 20.2 Å². The van der Waals surface area contributed by atoms with Gasteiger partial charge in [-0.1, -0.05) is 84.6 Å². The topological polar surface area (TPSA) is 108 Å². The molecule has 4 aromatic rings. The fraction of sp³-hybridized carbons (Fsp3) is 0.296. The highest BCUT2D eigenvalue weighted by Gasteiger charge is 2.32. The molecule has 0 spiro atoms. The molecule has 3 N–H and O–H groups in total. The lowest BCUT2D eigenvalue weighted by molar-refractivity contribution is -0.245. The molecule has 186 valence electrons. The van der Waals surface area contributed by atoms with Crippen molar-refractivity contribution in [2.24, 2.45) is 12.8 Å². The van der Waals surface area contributed by atoms with Gasteiger partial charge in [0.05, 0.1) is 18.8 Å². The minimum Gasteiger partial charge on any atom is -0.392 e. The quantitative estimate of drug-likeness (QED) is 0.345. The van der Waals surface area contributed by atoms with Crippen molar-refractivity contribution >= 4 is 11.8 Å². The fourth-order valence-electron chi connectivity index (χ4n) is 4.33. The minimum atomic E-state index is -0.511. The molecule has 9 heteroatoms. The maximum absolute atomic E-state index is 9.41. The highest BCUT2D eigenvalue weighted by atomic mass is 32.2. The maximum Gasteiger partial charge on any atom is 0.209 e. The molecule has 5 rings (SSSR count). The first-order valence-corrected chi connectivity index (χ1v) is 12.9. The van der Waals surface area contributed by atoms with E-state index in [1.807, 2.05) is 43.4 Å². The van der Waals surface area contributed by atoms with Crippen LogP contribution in [-0.2, 0) is 29.7 Å². The van der Waals surface area contributed by atoms with Crippen LogP contribution in [0.3, 0.4) is 0 Å². The molecule has 3 aromatic carbocycles. The predicted octanol–water partition coefficient (Wildman–Crippen LogP) is 4.17. The molecule has 0 saturated carbocycles. The van der Waals surface area contributed by atoms with Gasteiger partial charge in [-0.3, -0.25) is 0 Å². The van der Waals surface area contributed by atoms with Crippen LogP contribution >= 0.6 is 11.8 Å². The van der Waals surface area contributed by atoms with Gasteiger partial charge in [-0.2, -0.15) is 0 Å². The van der Waals surface area contributed by atoms with Gasteiger partial charge < -0.3 is 20.3 Å². The van der Waals surface area contributed by atoms with E-state index < -0.39 is 6.29 Å². The number of benzene rings is 3. The fourth-order valence-corrected chi connectivity index (χ4v) is 5.20. The first-order chi connectivity index (χ1) is 17.6. The Kier molecular flexibility index (Phi) is 7.74. The summed E-state index contributed by atoms with van der Waals surface area (Å²) in [5.74, 6) is 0.696. The van der Waals surface area contributed by atoms with E-state index in [1.165, 1.54) is 0 Å². The van der Waals surface area contributed by atoms with Gasteiger partial charge >= 0.3 is 0 Å². The number of rotatable bonds is 8. The molecule has 1 saturated heterocycles. The summed E-state index contributed by atoms with van der Waals surface area (Å²) < 4.78 is 14.5. The number of aryl methyl sites for hydroxylation is 1. The van der Waals surface area contributed by atoms with Gasteiger partial charge in [-0.05, 0) is 38.2 Å². The van der Waals surface area contributed by atoms with Crippen LogP contribution in [0.15, 0.2) is 78.0 Å². The number of aromatic nitrogens is 4. The second-order valence-electron chi connectivity index (χ2n) is 8.73. The zero-order chi connectivity index (χ0) is 24.9. The summed E-state index contributed by atoms with van der Waals surface area (Å²) in [6.45, 7) is 0.506. The number of aliphatic hydroxyl groups is 1. The molecule has 8 nitrogen and oxygen atoms in total. The van der Waals surface area contributed by atoms with Crippen LogP contribution in [0, 0.1) is 0 Å². The van der Waals surface area contributed by atoms with E-state index in [9.17, 15) is 5.11 Å². The smallest absolute Gasteiger partial charge is 0.209 e. The maximum atomic E-state index is 9.41. The van der Waals surface area contributed by atoms with E-state index in [0.717, 1.165) is 38.5 Å². The number of thioether (sulfide) groups is 1. The SMILES string of the molecule is Cn1nnnc1SC[C@@H]1C[C@H](c2ccc(CO)cc2)O[C@H](c2ccc(-c3ccccc3CN)cc2)O1. The van der Waals surface area contributed by atoms with Crippen molar-refractivity contribution in [1.29, 1.82) is 0 Å². The van der Waals surface area contributed by atoms with E-state index in [1.54, 1.807) is 16.4 Å². The Balaban J connectivity index is 1.37. The van der Waals surface area contributed by atoms with Crippen LogP contribution in [0.1, 0.15) is 41.1 Å². The van der Waals surface area contributed by atoms with Crippen molar-refractivity contribution in [3.05, 3.63) is 95.1 Å². The summed E-state index contributed by atoms with van der Waals surface area (Å²) in [6.07, 6.45) is -0.0128. The molecule has 3 atom stereocenters. The zero-order valence-electron chi connectivity index (χ0n) is 20.0. The summed E-state index contributed by atoms with van der Waals surface area (Å²) in [5, 5.41) is 21.9. The summed E-state index contributed by atoms with van der Waals surface area (Å²) >= 11 is 1.57. The number of hydrogen-bond acceptors (Lipinski definition) is 8. The highest BCUT2D eigenvalue weighted by Crippen LogP contribution is 2.39. The van der Waals surface area contributed by atoms with Gasteiger partial charge in [0.2, 0.25) is 5.16 Å². The molecule has 0 radical (unpaired) electrons. The van der Waals surface area contributed by atoms with Crippen molar-refractivity contribution in [2.75, 3.05) is 5.75 Å². The van der Waals surface area contributed by atoms with Crippen LogP contribution in [-0.4, -0.2) is 37.2 Å². The first-order valence-electron chi connectivity index (χ1n) is 11.9. The molecule has 0 bridgehead atoms. The number of tetrazole rings is 1. The molecule has 36 heavy (non-hydrogen) atoms. The molecule has 1 aliphatic rings. The number of ether oxygens (including phenoxy) is 2. The third-order valence-electron chi connectivity index (χ3n) is 6.33. The van der Waals surface area contributed by atoms with E-state index >= 15 is 0 Å². The summed E-state index contributed by atoms with van der Waals surface area (Å²) in [7, 11) is 1.83. The number of hydrogen-bond donors (Lipinski definition) is 2. The van der Waals surface area contributed by atoms with Crippen molar-refractivity contribution < 1.29 is 14.6 Å². The Bertz CT molecular complexity index is 1280. The minimum absolute atomic E-state index is 0.0160. The van der Waals surface area contributed by atoms with Crippen molar-refractivity contribution in [3.63, 3.8) is 0 Å². The Morgan fingerprint density at radius 2 is 1.75 bits per heavy atom. The molecular formula is C27H29N5O3S. The van der Waals surface area contributed by atoms with Crippen LogP contribution < -0.4 is 5.73 Å². The molecule has 0 amide bonds. The lowest BCUT2D eigenvalue weighted by Gasteiger charge is -2.36. The number of aliphatic hydroxyl groups excluding tert-OH is 1. The van der Waals surface area contributed by atoms with Gasteiger partial charge in [0.1, 0.15) is 0 Å². The van der Waals surface area contributed by atoms with E-state index in [-0.39, 0.29) is 18.8 Å². The molecule has 1 fully saturated rings. The van der Waals surface area contributed by atoms with Gasteiger partial charge in [-0.25, -0.2) is 4.68 Å². The predicted molar refractivity (Wildman–Crippen MR) is 138 cm³/mol. The number of nitrogens with zero attached hydrogens (tertiary/aromatic N) is 4. The Morgan fingerprint density at radius 3 is 2.44 bits per heavy atom. The zero-order valence-corrected chi connectivity index (χ0v) is 20.8. The Morgan fingerprint density at radius 1 is 1.00 bits per heavy atom. The van der Waals surface area contributed by atoms with Crippen molar-refractivity contribution in [2.45, 2.75) is 43.2 Å². The largest absolute Gasteiger partial charge is 0.392 e. The lowest BCUT2D eigenvalue weighted by Crippen LogP contribution is -2.31. The Hall–Kier alpha value is -3.08. The third-order valence-corrected chi connectivity index (χ3v) is 7.47. The molecule has 1 aliphatic heterocycles. The second kappa shape index (κ2) is 11.3. The number of nitrogens with two attached hydrogens (primary N) is 1. The summed E-state index contributed by atoms with van der Waals surface area (Å²) in [6, 6.07) is 24.4. The first kappa shape index (κ1) is 24.6. The molecule has 0 unspecified atom stereocenters. The average molecular weight is 504 g/mol. The van der Waals surface area contributed by atoms with E-state index in [2.05, 4.69) is 51.9 Å². The normalized spacial score (nSPS) is 19.9. The van der Waals surface area contributed by atoms with E-state index in [0.29, 0.717) is 18.7 Å². The van der Waals surface area contributed by atoms with Gasteiger partial charge in [0.15, 0.2) is 6.29 Å².